The number of alkyl halides is 1. The van der Waals surface area contributed by atoms with Gasteiger partial charge in [0.05, 0.1) is 6.20 Å². The molecule has 3 rings (SSSR count). The number of pyridine rings is 1. The summed E-state index contributed by atoms with van der Waals surface area (Å²) in [5.74, 6) is 4.61. The van der Waals surface area contributed by atoms with E-state index in [1.807, 2.05) is 6.07 Å². The van der Waals surface area contributed by atoms with E-state index in [9.17, 15) is 4.39 Å². The van der Waals surface area contributed by atoms with Gasteiger partial charge in [-0.25, -0.2) is 4.39 Å². The van der Waals surface area contributed by atoms with Gasteiger partial charge in [-0.3, -0.25) is 4.98 Å². The summed E-state index contributed by atoms with van der Waals surface area (Å²) in [6.07, 6.45) is 24.3. The summed E-state index contributed by atoms with van der Waals surface area (Å²) < 4.78 is 19.6. The fraction of sp³-hybridized carbons (Fsp3) is 0.839. The lowest BCUT2D eigenvalue weighted by atomic mass is 9.74. The Morgan fingerprint density at radius 2 is 1.44 bits per heavy atom. The Hall–Kier alpha value is -1.12. The zero-order chi connectivity index (χ0) is 24.0. The van der Waals surface area contributed by atoms with Crippen molar-refractivity contribution in [3.05, 3.63) is 24.0 Å². The summed E-state index contributed by atoms with van der Waals surface area (Å²) in [5, 5.41) is 0. The van der Waals surface area contributed by atoms with Crippen LogP contribution in [-0.4, -0.2) is 17.8 Å². The molecule has 34 heavy (non-hydrogen) atoms. The first kappa shape index (κ1) is 27.5. The van der Waals surface area contributed by atoms with Crippen molar-refractivity contribution in [2.75, 3.05) is 6.61 Å². The standard InChI is InChI=1S/C31H52FNO/c1-3-5-6-7-8-29(32)24-34-31-22-21-30(33-23-31)20-19-28-17-15-27(16-18-28)14-13-26-11-9-25(4-2)10-12-26/h21-23,25-29H,3-20,24H2,1-2H3/t25-,26-,27?,28?,29?. The van der Waals surface area contributed by atoms with E-state index in [4.69, 9.17) is 4.74 Å². The Kier molecular flexibility index (Phi) is 12.8. The van der Waals surface area contributed by atoms with Gasteiger partial charge in [0, 0.05) is 5.69 Å². The van der Waals surface area contributed by atoms with Gasteiger partial charge in [-0.1, -0.05) is 110 Å². The van der Waals surface area contributed by atoms with Crippen molar-refractivity contribution in [1.82, 2.24) is 4.98 Å². The lowest BCUT2D eigenvalue weighted by Gasteiger charge is -2.31. The molecular weight excluding hydrogens is 421 g/mol. The first-order valence-corrected chi connectivity index (χ1v) is 14.9. The monoisotopic (exact) mass is 473 g/mol. The Morgan fingerprint density at radius 1 is 0.824 bits per heavy atom. The number of rotatable bonds is 15. The third-order valence-electron chi connectivity index (χ3n) is 8.90. The fourth-order valence-electron chi connectivity index (χ4n) is 6.27. The smallest absolute Gasteiger partial charge is 0.137 e. The molecule has 0 aromatic carbocycles. The van der Waals surface area contributed by atoms with Gasteiger partial charge in [-0.15, -0.1) is 0 Å². The molecule has 194 valence electrons. The van der Waals surface area contributed by atoms with E-state index >= 15 is 0 Å². The summed E-state index contributed by atoms with van der Waals surface area (Å²) in [6.45, 7) is 4.69. The molecule has 1 heterocycles. The van der Waals surface area contributed by atoms with E-state index in [-0.39, 0.29) is 6.61 Å². The van der Waals surface area contributed by atoms with Crippen LogP contribution in [0.15, 0.2) is 18.3 Å². The van der Waals surface area contributed by atoms with Gasteiger partial charge in [-0.05, 0) is 55.1 Å². The van der Waals surface area contributed by atoms with E-state index in [2.05, 4.69) is 24.9 Å². The van der Waals surface area contributed by atoms with E-state index in [1.54, 1.807) is 6.20 Å². The minimum absolute atomic E-state index is 0.149. The first-order valence-electron chi connectivity index (χ1n) is 14.9. The van der Waals surface area contributed by atoms with Gasteiger partial charge in [0.15, 0.2) is 0 Å². The molecule has 1 atom stereocenters. The normalized spacial score (nSPS) is 26.3. The molecule has 0 saturated heterocycles. The van der Waals surface area contributed by atoms with Crippen molar-refractivity contribution in [2.45, 2.75) is 136 Å². The maximum absolute atomic E-state index is 14.0. The molecule has 0 amide bonds. The summed E-state index contributed by atoms with van der Waals surface area (Å²) in [6, 6.07) is 4.04. The zero-order valence-corrected chi connectivity index (χ0v) is 22.3. The average molecular weight is 474 g/mol. The highest BCUT2D eigenvalue weighted by atomic mass is 19.1. The Bertz CT molecular complexity index is 631. The second kappa shape index (κ2) is 15.8. The highest BCUT2D eigenvalue weighted by molar-refractivity contribution is 5.20. The molecule has 2 aliphatic rings. The van der Waals surface area contributed by atoms with Gasteiger partial charge in [0.25, 0.3) is 0 Å². The number of aryl methyl sites for hydroxylation is 1. The summed E-state index contributed by atoms with van der Waals surface area (Å²) in [5.41, 5.74) is 1.15. The lowest BCUT2D eigenvalue weighted by Crippen LogP contribution is -2.18. The predicted molar refractivity (Wildman–Crippen MR) is 142 cm³/mol. The van der Waals surface area contributed by atoms with Crippen LogP contribution in [0.2, 0.25) is 0 Å². The molecule has 3 heteroatoms. The number of aromatic nitrogens is 1. The van der Waals surface area contributed by atoms with Gasteiger partial charge in [0.2, 0.25) is 0 Å². The van der Waals surface area contributed by atoms with E-state index in [1.165, 1.54) is 89.9 Å². The largest absolute Gasteiger partial charge is 0.489 e. The Morgan fingerprint density at radius 3 is 2.00 bits per heavy atom. The second-order valence-electron chi connectivity index (χ2n) is 11.5. The van der Waals surface area contributed by atoms with Crippen LogP contribution in [0.3, 0.4) is 0 Å². The molecule has 2 aliphatic carbocycles. The second-order valence-corrected chi connectivity index (χ2v) is 11.5. The molecule has 2 saturated carbocycles. The van der Waals surface area contributed by atoms with E-state index in [0.717, 1.165) is 48.6 Å². The predicted octanol–water partition coefficient (Wildman–Crippen LogP) is 9.50. The van der Waals surface area contributed by atoms with E-state index in [0.29, 0.717) is 12.2 Å². The quantitative estimate of drug-likeness (QED) is 0.237. The van der Waals surface area contributed by atoms with Crippen LogP contribution in [0.4, 0.5) is 4.39 Å². The fourth-order valence-corrected chi connectivity index (χ4v) is 6.27. The number of ether oxygens (including phenoxy) is 1. The minimum Gasteiger partial charge on any atom is -0.489 e. The molecule has 2 nitrogen and oxygen atoms in total. The molecule has 0 radical (unpaired) electrons. The van der Waals surface area contributed by atoms with Gasteiger partial charge >= 0.3 is 0 Å². The highest BCUT2D eigenvalue weighted by Crippen LogP contribution is 2.38. The third kappa shape index (κ3) is 10.2. The highest BCUT2D eigenvalue weighted by Gasteiger charge is 2.24. The molecule has 0 spiro atoms. The molecule has 1 aromatic rings. The maximum atomic E-state index is 14.0. The van der Waals surface area contributed by atoms with Crippen molar-refractivity contribution >= 4 is 0 Å². The molecule has 0 aliphatic heterocycles. The van der Waals surface area contributed by atoms with Crippen molar-refractivity contribution in [2.24, 2.45) is 23.7 Å². The van der Waals surface area contributed by atoms with Crippen LogP contribution in [0.25, 0.3) is 0 Å². The zero-order valence-electron chi connectivity index (χ0n) is 22.3. The van der Waals surface area contributed by atoms with E-state index < -0.39 is 6.17 Å². The summed E-state index contributed by atoms with van der Waals surface area (Å²) in [7, 11) is 0. The maximum Gasteiger partial charge on any atom is 0.137 e. The van der Waals surface area contributed by atoms with Crippen LogP contribution in [0.5, 0.6) is 5.75 Å². The molecule has 0 N–H and O–H groups in total. The molecule has 2 fully saturated rings. The molecule has 1 aromatic heterocycles. The van der Waals surface area contributed by atoms with Crippen molar-refractivity contribution in [3.8, 4) is 5.75 Å². The number of hydrogen-bond donors (Lipinski definition) is 0. The van der Waals surface area contributed by atoms with Crippen molar-refractivity contribution in [3.63, 3.8) is 0 Å². The number of hydrogen-bond acceptors (Lipinski definition) is 2. The summed E-state index contributed by atoms with van der Waals surface area (Å²) >= 11 is 0. The SMILES string of the molecule is CCCCCCC(F)COc1ccc(CCC2CCC(CC[C@H]3CC[C@H](CC)CC3)CC2)nc1. The van der Waals surface area contributed by atoms with Gasteiger partial charge in [-0.2, -0.15) is 0 Å². The van der Waals surface area contributed by atoms with Crippen LogP contribution in [-0.2, 0) is 6.42 Å². The summed E-state index contributed by atoms with van der Waals surface area (Å²) in [4.78, 5) is 4.59. The van der Waals surface area contributed by atoms with Crippen LogP contribution in [0, 0.1) is 23.7 Å². The molecular formula is C31H52FNO. The number of unbranched alkanes of at least 4 members (excludes halogenated alkanes) is 3. The number of nitrogens with zero attached hydrogens (tertiary/aromatic N) is 1. The Labute approximate surface area is 209 Å². The van der Waals surface area contributed by atoms with Crippen molar-refractivity contribution < 1.29 is 9.13 Å². The van der Waals surface area contributed by atoms with Gasteiger partial charge < -0.3 is 4.74 Å². The van der Waals surface area contributed by atoms with Crippen LogP contribution in [0.1, 0.15) is 129 Å². The molecule has 0 bridgehead atoms. The van der Waals surface area contributed by atoms with Crippen LogP contribution < -0.4 is 4.74 Å². The molecule has 1 unspecified atom stereocenters. The van der Waals surface area contributed by atoms with Crippen LogP contribution >= 0.6 is 0 Å². The first-order chi connectivity index (χ1) is 16.7. The Balaban J connectivity index is 1.24. The average Bonchev–Trinajstić information content (AvgIpc) is 2.89. The number of halogens is 1. The lowest BCUT2D eigenvalue weighted by molar-refractivity contribution is 0.183. The topological polar surface area (TPSA) is 22.1 Å². The third-order valence-corrected chi connectivity index (χ3v) is 8.90. The van der Waals surface area contributed by atoms with Gasteiger partial charge in [0.1, 0.15) is 18.5 Å². The minimum atomic E-state index is -0.872. The van der Waals surface area contributed by atoms with Crippen molar-refractivity contribution in [1.29, 1.82) is 0 Å².